The van der Waals surface area contributed by atoms with Crippen molar-refractivity contribution in [3.05, 3.63) is 28.2 Å². The van der Waals surface area contributed by atoms with Crippen LogP contribution in [0.4, 0.5) is 5.69 Å². The van der Waals surface area contributed by atoms with E-state index in [1.807, 2.05) is 0 Å². The van der Waals surface area contributed by atoms with E-state index >= 15 is 0 Å². The minimum Gasteiger partial charge on any atom is -0.326 e. The SMILES string of the molecule is NC1(CC(=O)Nc2cc(Cl)cc(Cl)c2)CCC1. The first-order valence-corrected chi connectivity index (χ1v) is 6.27. The van der Waals surface area contributed by atoms with Crippen LogP contribution in [0.25, 0.3) is 0 Å². The summed E-state index contributed by atoms with van der Waals surface area (Å²) in [6, 6.07) is 4.94. The fraction of sp³-hybridized carbons (Fsp3) is 0.417. The van der Waals surface area contributed by atoms with Crippen LogP contribution in [-0.2, 0) is 4.79 Å². The molecule has 0 unspecified atom stereocenters. The predicted molar refractivity (Wildman–Crippen MR) is 70.5 cm³/mol. The van der Waals surface area contributed by atoms with Gasteiger partial charge < -0.3 is 11.1 Å². The molecule has 17 heavy (non-hydrogen) atoms. The van der Waals surface area contributed by atoms with Gasteiger partial charge in [-0.2, -0.15) is 0 Å². The standard InChI is InChI=1S/C12H14Cl2N2O/c13-8-4-9(14)6-10(5-8)16-11(17)7-12(15)2-1-3-12/h4-6H,1-3,7,15H2,(H,16,17). The molecule has 3 N–H and O–H groups in total. The van der Waals surface area contributed by atoms with Crippen molar-refractivity contribution in [1.82, 2.24) is 0 Å². The lowest BCUT2D eigenvalue weighted by Gasteiger charge is -2.37. The number of hydrogen-bond donors (Lipinski definition) is 2. The number of amides is 1. The van der Waals surface area contributed by atoms with Gasteiger partial charge in [-0.05, 0) is 37.5 Å². The molecule has 0 saturated heterocycles. The Morgan fingerprint density at radius 2 is 1.88 bits per heavy atom. The maximum Gasteiger partial charge on any atom is 0.226 e. The molecule has 0 heterocycles. The number of nitrogens with one attached hydrogen (secondary N) is 1. The summed E-state index contributed by atoms with van der Waals surface area (Å²) in [7, 11) is 0. The molecule has 5 heteroatoms. The van der Waals surface area contributed by atoms with Crippen molar-refractivity contribution in [2.75, 3.05) is 5.32 Å². The van der Waals surface area contributed by atoms with E-state index in [0.717, 1.165) is 19.3 Å². The smallest absolute Gasteiger partial charge is 0.226 e. The van der Waals surface area contributed by atoms with Crippen LogP contribution < -0.4 is 11.1 Å². The molecular formula is C12H14Cl2N2O. The number of nitrogens with two attached hydrogens (primary N) is 1. The molecule has 1 aromatic carbocycles. The second-order valence-corrected chi connectivity index (χ2v) is 5.47. The molecule has 1 fully saturated rings. The summed E-state index contributed by atoms with van der Waals surface area (Å²) in [5, 5.41) is 3.76. The number of halogens is 2. The van der Waals surface area contributed by atoms with Crippen molar-refractivity contribution in [2.45, 2.75) is 31.2 Å². The summed E-state index contributed by atoms with van der Waals surface area (Å²) in [4.78, 5) is 11.8. The lowest BCUT2D eigenvalue weighted by Crippen LogP contribution is -2.48. The van der Waals surface area contributed by atoms with Gasteiger partial charge >= 0.3 is 0 Å². The largest absolute Gasteiger partial charge is 0.326 e. The molecule has 0 aliphatic heterocycles. The average Bonchev–Trinajstić information content (AvgIpc) is 2.12. The number of hydrogen-bond acceptors (Lipinski definition) is 2. The third-order valence-electron chi connectivity index (χ3n) is 3.01. The number of carbonyl (C=O) groups is 1. The first kappa shape index (κ1) is 12.7. The van der Waals surface area contributed by atoms with Gasteiger partial charge in [0.1, 0.15) is 0 Å². The molecule has 0 radical (unpaired) electrons. The summed E-state index contributed by atoms with van der Waals surface area (Å²) in [5.74, 6) is -0.0921. The van der Waals surface area contributed by atoms with E-state index in [4.69, 9.17) is 28.9 Å². The summed E-state index contributed by atoms with van der Waals surface area (Å²) in [5.41, 5.74) is 6.30. The van der Waals surface area contributed by atoms with Crippen molar-refractivity contribution in [2.24, 2.45) is 5.73 Å². The number of rotatable bonds is 3. The van der Waals surface area contributed by atoms with E-state index in [1.165, 1.54) is 0 Å². The third-order valence-corrected chi connectivity index (χ3v) is 3.44. The van der Waals surface area contributed by atoms with E-state index in [1.54, 1.807) is 18.2 Å². The minimum absolute atomic E-state index is 0.0921. The van der Waals surface area contributed by atoms with Gasteiger partial charge in [-0.3, -0.25) is 4.79 Å². The highest BCUT2D eigenvalue weighted by atomic mass is 35.5. The summed E-state index contributed by atoms with van der Waals surface area (Å²) < 4.78 is 0. The maximum atomic E-state index is 11.8. The quantitative estimate of drug-likeness (QED) is 0.888. The molecule has 0 spiro atoms. The molecule has 1 amide bonds. The number of carbonyl (C=O) groups excluding carboxylic acids is 1. The molecule has 0 aromatic heterocycles. The van der Waals surface area contributed by atoms with Crippen LogP contribution in [0.2, 0.25) is 10.0 Å². The van der Waals surface area contributed by atoms with Gasteiger partial charge in [0.2, 0.25) is 5.91 Å². The third kappa shape index (κ3) is 3.35. The van der Waals surface area contributed by atoms with E-state index in [0.29, 0.717) is 22.2 Å². The highest BCUT2D eigenvalue weighted by Crippen LogP contribution is 2.32. The van der Waals surface area contributed by atoms with Crippen molar-refractivity contribution in [3.63, 3.8) is 0 Å². The second kappa shape index (κ2) is 4.84. The van der Waals surface area contributed by atoms with Crippen molar-refractivity contribution in [3.8, 4) is 0 Å². The Bertz CT molecular complexity index is 424. The van der Waals surface area contributed by atoms with Crippen LogP contribution in [0.5, 0.6) is 0 Å². The van der Waals surface area contributed by atoms with Gasteiger partial charge in [-0.1, -0.05) is 23.2 Å². The molecule has 2 rings (SSSR count). The van der Waals surface area contributed by atoms with Crippen LogP contribution in [-0.4, -0.2) is 11.4 Å². The molecule has 3 nitrogen and oxygen atoms in total. The monoisotopic (exact) mass is 272 g/mol. The summed E-state index contributed by atoms with van der Waals surface area (Å²) in [6.07, 6.45) is 3.28. The maximum absolute atomic E-state index is 11.8. The fourth-order valence-corrected chi connectivity index (χ4v) is 2.48. The molecule has 1 aliphatic carbocycles. The van der Waals surface area contributed by atoms with Crippen molar-refractivity contribution in [1.29, 1.82) is 0 Å². The van der Waals surface area contributed by atoms with Crippen LogP contribution >= 0.6 is 23.2 Å². The Morgan fingerprint density at radius 1 is 1.29 bits per heavy atom. The lowest BCUT2D eigenvalue weighted by molar-refractivity contribution is -0.118. The Morgan fingerprint density at radius 3 is 2.35 bits per heavy atom. The first-order chi connectivity index (χ1) is 7.97. The van der Waals surface area contributed by atoms with Crippen LogP contribution in [0, 0.1) is 0 Å². The van der Waals surface area contributed by atoms with E-state index < -0.39 is 0 Å². The molecule has 1 aromatic rings. The molecule has 1 aliphatic rings. The molecule has 92 valence electrons. The van der Waals surface area contributed by atoms with Crippen LogP contribution in [0.1, 0.15) is 25.7 Å². The van der Waals surface area contributed by atoms with Crippen LogP contribution in [0.15, 0.2) is 18.2 Å². The fourth-order valence-electron chi connectivity index (χ4n) is 1.96. The zero-order valence-electron chi connectivity index (χ0n) is 9.30. The molecule has 0 bridgehead atoms. The lowest BCUT2D eigenvalue weighted by atomic mass is 9.75. The van der Waals surface area contributed by atoms with Gasteiger partial charge in [0.15, 0.2) is 0 Å². The summed E-state index contributed by atoms with van der Waals surface area (Å²) in [6.45, 7) is 0. The number of anilines is 1. The molecular weight excluding hydrogens is 259 g/mol. The van der Waals surface area contributed by atoms with Gasteiger partial charge in [-0.15, -0.1) is 0 Å². The highest BCUT2D eigenvalue weighted by molar-refractivity contribution is 6.35. The Hall–Kier alpha value is -0.770. The normalized spacial score (nSPS) is 17.4. The molecule has 0 atom stereocenters. The van der Waals surface area contributed by atoms with E-state index in [9.17, 15) is 4.79 Å². The topological polar surface area (TPSA) is 55.1 Å². The molecule has 1 saturated carbocycles. The predicted octanol–water partition coefficient (Wildman–Crippen LogP) is 3.20. The van der Waals surface area contributed by atoms with Crippen molar-refractivity contribution >= 4 is 34.8 Å². The zero-order valence-corrected chi connectivity index (χ0v) is 10.8. The second-order valence-electron chi connectivity index (χ2n) is 4.60. The highest BCUT2D eigenvalue weighted by Gasteiger charge is 2.34. The van der Waals surface area contributed by atoms with Gasteiger partial charge in [-0.25, -0.2) is 0 Å². The van der Waals surface area contributed by atoms with Crippen LogP contribution in [0.3, 0.4) is 0 Å². The van der Waals surface area contributed by atoms with Gasteiger partial charge in [0, 0.05) is 27.7 Å². The van der Waals surface area contributed by atoms with E-state index in [2.05, 4.69) is 5.32 Å². The summed E-state index contributed by atoms with van der Waals surface area (Å²) >= 11 is 11.7. The van der Waals surface area contributed by atoms with Crippen molar-refractivity contribution < 1.29 is 4.79 Å². The zero-order chi connectivity index (χ0) is 12.5. The average molecular weight is 273 g/mol. The number of benzene rings is 1. The van der Waals surface area contributed by atoms with Gasteiger partial charge in [0.25, 0.3) is 0 Å². The Balaban J connectivity index is 1.98. The minimum atomic E-state index is -0.313. The van der Waals surface area contributed by atoms with E-state index in [-0.39, 0.29) is 11.4 Å². The Labute approximate surface area is 110 Å². The first-order valence-electron chi connectivity index (χ1n) is 5.52. The Kier molecular flexibility index (Phi) is 3.61. The van der Waals surface area contributed by atoms with Gasteiger partial charge in [0.05, 0.1) is 0 Å².